The summed E-state index contributed by atoms with van der Waals surface area (Å²) in [7, 11) is 0. The van der Waals surface area contributed by atoms with E-state index in [2.05, 4.69) is 4.90 Å². The van der Waals surface area contributed by atoms with Crippen molar-refractivity contribution >= 4 is 16.7 Å². The quantitative estimate of drug-likeness (QED) is 0.666. The summed E-state index contributed by atoms with van der Waals surface area (Å²) in [5.41, 5.74) is 1.66. The molecule has 7 heteroatoms. The first kappa shape index (κ1) is 18.7. The van der Waals surface area contributed by atoms with Gasteiger partial charge in [-0.3, -0.25) is 9.69 Å². The van der Waals surface area contributed by atoms with Gasteiger partial charge in [0.25, 0.3) is 5.91 Å². The Balaban J connectivity index is 1.25. The maximum absolute atomic E-state index is 12.9. The predicted octanol–water partition coefficient (Wildman–Crippen LogP) is 2.79. The molecular formula is C23H22N2O5. The summed E-state index contributed by atoms with van der Waals surface area (Å²) in [5.74, 6) is 1.42. The highest BCUT2D eigenvalue weighted by molar-refractivity contribution is 5.95. The lowest BCUT2D eigenvalue weighted by atomic mass is 10.1. The number of hydrogen-bond donors (Lipinski definition) is 0. The Bertz CT molecular complexity index is 1180. The molecule has 1 saturated heterocycles. The van der Waals surface area contributed by atoms with Crippen molar-refractivity contribution in [3.05, 3.63) is 69.8 Å². The van der Waals surface area contributed by atoms with E-state index in [1.807, 2.05) is 37.3 Å². The molecule has 7 nitrogen and oxygen atoms in total. The van der Waals surface area contributed by atoms with Gasteiger partial charge in [0.05, 0.1) is 5.39 Å². The number of piperazine rings is 1. The van der Waals surface area contributed by atoms with Gasteiger partial charge < -0.3 is 18.8 Å². The first-order valence-electron chi connectivity index (χ1n) is 10.0. The monoisotopic (exact) mass is 406 g/mol. The van der Waals surface area contributed by atoms with Gasteiger partial charge in [-0.2, -0.15) is 0 Å². The minimum absolute atomic E-state index is 0.0978. The van der Waals surface area contributed by atoms with Crippen LogP contribution in [0.25, 0.3) is 10.8 Å². The van der Waals surface area contributed by atoms with E-state index >= 15 is 0 Å². The maximum Gasteiger partial charge on any atom is 0.344 e. The number of hydrogen-bond acceptors (Lipinski definition) is 6. The summed E-state index contributed by atoms with van der Waals surface area (Å²) in [6.07, 6.45) is 0. The summed E-state index contributed by atoms with van der Waals surface area (Å²) >= 11 is 0. The minimum atomic E-state index is -0.471. The van der Waals surface area contributed by atoms with Crippen molar-refractivity contribution in [2.75, 3.05) is 33.0 Å². The Morgan fingerprint density at radius 1 is 0.967 bits per heavy atom. The fraction of sp³-hybridized carbons (Fsp3) is 0.304. The summed E-state index contributed by atoms with van der Waals surface area (Å²) < 4.78 is 16.1. The molecule has 154 valence electrons. The number of aryl methyl sites for hydroxylation is 1. The Morgan fingerprint density at radius 2 is 1.77 bits per heavy atom. The van der Waals surface area contributed by atoms with E-state index in [-0.39, 0.29) is 18.5 Å². The molecule has 0 atom stereocenters. The largest absolute Gasteiger partial charge is 0.454 e. The van der Waals surface area contributed by atoms with Crippen molar-refractivity contribution in [1.82, 2.24) is 9.80 Å². The molecule has 2 aliphatic heterocycles. The van der Waals surface area contributed by atoms with E-state index in [9.17, 15) is 9.59 Å². The molecule has 5 rings (SSSR count). The molecule has 0 saturated carbocycles. The van der Waals surface area contributed by atoms with Crippen LogP contribution in [0.1, 0.15) is 21.7 Å². The third kappa shape index (κ3) is 3.52. The normalized spacial score (nSPS) is 16.2. The van der Waals surface area contributed by atoms with E-state index < -0.39 is 5.63 Å². The summed E-state index contributed by atoms with van der Waals surface area (Å²) in [4.78, 5) is 29.2. The number of fused-ring (bicyclic) bond motifs is 2. The molecule has 0 aliphatic carbocycles. The number of ether oxygens (including phenoxy) is 2. The van der Waals surface area contributed by atoms with Gasteiger partial charge in [0.15, 0.2) is 17.3 Å². The van der Waals surface area contributed by atoms with Crippen LogP contribution in [0.4, 0.5) is 0 Å². The van der Waals surface area contributed by atoms with Crippen molar-refractivity contribution < 1.29 is 18.7 Å². The van der Waals surface area contributed by atoms with E-state index in [0.717, 1.165) is 47.6 Å². The van der Waals surface area contributed by atoms with Crippen LogP contribution in [0.2, 0.25) is 0 Å². The van der Waals surface area contributed by atoms with Crippen LogP contribution in [-0.4, -0.2) is 48.7 Å². The summed E-state index contributed by atoms with van der Waals surface area (Å²) in [6.45, 7) is 5.63. The van der Waals surface area contributed by atoms with Gasteiger partial charge in [-0.15, -0.1) is 0 Å². The van der Waals surface area contributed by atoms with Gasteiger partial charge in [0.1, 0.15) is 0 Å². The van der Waals surface area contributed by atoms with Gasteiger partial charge in [0.2, 0.25) is 6.79 Å². The highest BCUT2D eigenvalue weighted by atomic mass is 16.7. The van der Waals surface area contributed by atoms with Gasteiger partial charge in [-0.05, 0) is 42.1 Å². The Labute approximate surface area is 173 Å². The smallest absolute Gasteiger partial charge is 0.344 e. The SMILES string of the molecule is Cc1ccc2cc(C(=O)N3CCN(Cc4ccc5c(c4)OCO5)CC3)oc(=O)c2c1. The van der Waals surface area contributed by atoms with Crippen molar-refractivity contribution in [2.24, 2.45) is 0 Å². The van der Waals surface area contributed by atoms with E-state index in [1.165, 1.54) is 0 Å². The van der Waals surface area contributed by atoms with Crippen molar-refractivity contribution in [1.29, 1.82) is 0 Å². The average molecular weight is 406 g/mol. The molecule has 3 aromatic rings. The number of carbonyl (C=O) groups is 1. The predicted molar refractivity (Wildman–Crippen MR) is 111 cm³/mol. The van der Waals surface area contributed by atoms with Gasteiger partial charge in [-0.25, -0.2) is 4.79 Å². The van der Waals surface area contributed by atoms with Crippen molar-refractivity contribution in [2.45, 2.75) is 13.5 Å². The molecule has 0 radical (unpaired) electrons. The number of amides is 1. The minimum Gasteiger partial charge on any atom is -0.454 e. The highest BCUT2D eigenvalue weighted by Gasteiger charge is 2.25. The van der Waals surface area contributed by atoms with Crippen molar-refractivity contribution in [3.63, 3.8) is 0 Å². The number of rotatable bonds is 3. The lowest BCUT2D eigenvalue weighted by Gasteiger charge is -2.34. The van der Waals surface area contributed by atoms with Crippen molar-refractivity contribution in [3.8, 4) is 11.5 Å². The third-order valence-corrected chi connectivity index (χ3v) is 5.63. The second-order valence-corrected chi connectivity index (χ2v) is 7.74. The van der Waals surface area contributed by atoms with Crippen LogP contribution in [0.5, 0.6) is 11.5 Å². The van der Waals surface area contributed by atoms with Crippen LogP contribution in [0.3, 0.4) is 0 Å². The number of carbonyl (C=O) groups excluding carboxylic acids is 1. The fourth-order valence-electron chi connectivity index (χ4n) is 3.97. The van der Waals surface area contributed by atoms with Gasteiger partial charge in [-0.1, -0.05) is 23.8 Å². The zero-order chi connectivity index (χ0) is 20.7. The Morgan fingerprint density at radius 3 is 2.60 bits per heavy atom. The van der Waals surface area contributed by atoms with E-state index in [1.54, 1.807) is 17.0 Å². The fourth-order valence-corrected chi connectivity index (χ4v) is 3.97. The van der Waals surface area contributed by atoms with Crippen LogP contribution in [0, 0.1) is 6.92 Å². The van der Waals surface area contributed by atoms with Crippen LogP contribution in [0.15, 0.2) is 51.7 Å². The standard InChI is InChI=1S/C23H22N2O5/c1-15-2-4-17-12-21(30-23(27)18(17)10-15)22(26)25-8-6-24(7-9-25)13-16-3-5-19-20(11-16)29-14-28-19/h2-5,10-12H,6-9,13-14H2,1H3. The average Bonchev–Trinajstić information content (AvgIpc) is 3.22. The van der Waals surface area contributed by atoms with Gasteiger partial charge in [0, 0.05) is 32.7 Å². The lowest BCUT2D eigenvalue weighted by molar-refractivity contribution is 0.0594. The second kappa shape index (κ2) is 7.50. The number of nitrogens with zero attached hydrogens (tertiary/aromatic N) is 2. The molecule has 30 heavy (non-hydrogen) atoms. The maximum atomic E-state index is 12.9. The molecule has 1 aromatic heterocycles. The summed E-state index contributed by atoms with van der Waals surface area (Å²) in [6, 6.07) is 13.2. The first-order valence-corrected chi connectivity index (χ1v) is 10.0. The van der Waals surface area contributed by atoms with E-state index in [4.69, 9.17) is 13.9 Å². The molecule has 0 spiro atoms. The molecule has 0 bridgehead atoms. The summed E-state index contributed by atoms with van der Waals surface area (Å²) in [5, 5.41) is 1.22. The Hall–Kier alpha value is -3.32. The zero-order valence-corrected chi connectivity index (χ0v) is 16.7. The topological polar surface area (TPSA) is 72.2 Å². The van der Waals surface area contributed by atoms with Crippen LogP contribution < -0.4 is 15.1 Å². The zero-order valence-electron chi connectivity index (χ0n) is 16.7. The van der Waals surface area contributed by atoms with Gasteiger partial charge >= 0.3 is 5.63 Å². The van der Waals surface area contributed by atoms with E-state index in [0.29, 0.717) is 18.5 Å². The molecule has 3 heterocycles. The second-order valence-electron chi connectivity index (χ2n) is 7.74. The molecule has 0 unspecified atom stereocenters. The third-order valence-electron chi connectivity index (χ3n) is 5.63. The molecule has 1 amide bonds. The van der Waals surface area contributed by atoms with Crippen LogP contribution >= 0.6 is 0 Å². The Kier molecular flexibility index (Phi) is 4.67. The lowest BCUT2D eigenvalue weighted by Crippen LogP contribution is -2.48. The van der Waals surface area contributed by atoms with Crippen LogP contribution in [-0.2, 0) is 6.54 Å². The number of benzene rings is 2. The first-order chi connectivity index (χ1) is 14.6. The molecule has 0 N–H and O–H groups in total. The molecule has 2 aromatic carbocycles. The highest BCUT2D eigenvalue weighted by Crippen LogP contribution is 2.32. The molecule has 2 aliphatic rings. The molecule has 1 fully saturated rings. The molecular weight excluding hydrogens is 384 g/mol.